The molecule has 0 fully saturated rings. The number of H-pyrrole nitrogens is 1. The van der Waals surface area contributed by atoms with Crippen LogP contribution in [0.3, 0.4) is 0 Å². The minimum atomic E-state index is -0.419. The van der Waals surface area contributed by atoms with E-state index >= 15 is 0 Å². The van der Waals surface area contributed by atoms with Gasteiger partial charge in [0.25, 0.3) is 5.56 Å². The van der Waals surface area contributed by atoms with Gasteiger partial charge in [-0.3, -0.25) is 14.6 Å². The van der Waals surface area contributed by atoms with Gasteiger partial charge in [0.15, 0.2) is 0 Å². The average Bonchev–Trinajstić information content (AvgIpc) is 2.67. The Morgan fingerprint density at radius 3 is 2.82 bits per heavy atom. The number of aryl methyl sites for hydroxylation is 1. The molecule has 0 aliphatic carbocycles. The largest absolute Gasteiger partial charge is 0.458 e. The second-order valence-electron chi connectivity index (χ2n) is 6.76. The summed E-state index contributed by atoms with van der Waals surface area (Å²) in [6.07, 6.45) is 1.85. The van der Waals surface area contributed by atoms with E-state index in [9.17, 15) is 9.59 Å². The molecule has 0 aliphatic rings. The third-order valence-electron chi connectivity index (χ3n) is 4.89. The summed E-state index contributed by atoms with van der Waals surface area (Å²) >= 11 is 0. The number of nitriles is 1. The number of ether oxygens (including phenoxy) is 1. The molecule has 3 rings (SSSR count). The lowest BCUT2D eigenvalue weighted by Gasteiger charge is -2.15. The predicted octanol–water partition coefficient (Wildman–Crippen LogP) is 3.65. The molecule has 2 heterocycles. The number of aromatic amines is 1. The van der Waals surface area contributed by atoms with Crippen LogP contribution >= 0.6 is 0 Å². The lowest BCUT2D eigenvalue weighted by molar-refractivity contribution is -0.148. The zero-order valence-corrected chi connectivity index (χ0v) is 16.1. The number of carbonyl (C=O) groups excluding carboxylic acids is 1. The Balaban J connectivity index is 1.69. The Hall–Kier alpha value is -3.46. The number of nitrogens with one attached hydrogen (secondary N) is 1. The van der Waals surface area contributed by atoms with Crippen molar-refractivity contribution in [2.24, 2.45) is 0 Å². The lowest BCUT2D eigenvalue weighted by Crippen LogP contribution is -2.17. The molecule has 0 saturated heterocycles. The van der Waals surface area contributed by atoms with Crippen molar-refractivity contribution in [2.45, 2.75) is 39.7 Å². The molecule has 1 N–H and O–H groups in total. The molecule has 6 nitrogen and oxygen atoms in total. The number of aromatic nitrogens is 2. The number of rotatable bonds is 5. The fourth-order valence-corrected chi connectivity index (χ4v) is 3.28. The first-order valence-electron chi connectivity index (χ1n) is 9.07. The van der Waals surface area contributed by atoms with Gasteiger partial charge in [-0.1, -0.05) is 18.2 Å². The Labute approximate surface area is 162 Å². The summed E-state index contributed by atoms with van der Waals surface area (Å²) in [5, 5.41) is 10.1. The highest BCUT2D eigenvalue weighted by Crippen LogP contribution is 2.22. The van der Waals surface area contributed by atoms with Crippen LogP contribution in [0.2, 0.25) is 0 Å². The van der Waals surface area contributed by atoms with E-state index in [1.807, 2.05) is 43.3 Å². The molecule has 0 bridgehead atoms. The van der Waals surface area contributed by atoms with Gasteiger partial charge in [-0.25, -0.2) is 0 Å². The summed E-state index contributed by atoms with van der Waals surface area (Å²) in [4.78, 5) is 31.2. The molecular formula is C22H21N3O3. The molecule has 3 aromatic rings. The first-order chi connectivity index (χ1) is 13.4. The first-order valence-corrected chi connectivity index (χ1v) is 9.07. The van der Waals surface area contributed by atoms with E-state index in [-0.39, 0.29) is 18.0 Å². The maximum Gasteiger partial charge on any atom is 0.306 e. The van der Waals surface area contributed by atoms with Crippen LogP contribution in [0.5, 0.6) is 0 Å². The molecule has 1 aromatic carbocycles. The molecule has 2 aromatic heterocycles. The van der Waals surface area contributed by atoms with Gasteiger partial charge in [0, 0.05) is 29.3 Å². The van der Waals surface area contributed by atoms with Gasteiger partial charge in [-0.15, -0.1) is 0 Å². The summed E-state index contributed by atoms with van der Waals surface area (Å²) in [5.74, 6) is -0.343. The van der Waals surface area contributed by atoms with Crippen molar-refractivity contribution in [2.75, 3.05) is 0 Å². The number of hydrogen-bond donors (Lipinski definition) is 1. The first kappa shape index (κ1) is 19.3. The topological polar surface area (TPSA) is 95.8 Å². The van der Waals surface area contributed by atoms with Gasteiger partial charge < -0.3 is 9.72 Å². The highest BCUT2D eigenvalue weighted by atomic mass is 16.5. The van der Waals surface area contributed by atoms with Crippen LogP contribution in [0.25, 0.3) is 10.9 Å². The third-order valence-corrected chi connectivity index (χ3v) is 4.89. The normalized spacial score (nSPS) is 11.8. The van der Waals surface area contributed by atoms with Gasteiger partial charge in [0.2, 0.25) is 0 Å². The molecule has 1 atom stereocenters. The number of fused-ring (bicyclic) bond motifs is 1. The van der Waals surface area contributed by atoms with Crippen molar-refractivity contribution in [3.05, 3.63) is 74.8 Å². The average molecular weight is 375 g/mol. The van der Waals surface area contributed by atoms with Crippen molar-refractivity contribution in [1.82, 2.24) is 9.97 Å². The number of esters is 1. The molecular weight excluding hydrogens is 354 g/mol. The van der Waals surface area contributed by atoms with E-state index in [0.717, 1.165) is 22.0 Å². The van der Waals surface area contributed by atoms with Crippen molar-refractivity contribution in [3.63, 3.8) is 0 Å². The Morgan fingerprint density at radius 1 is 1.32 bits per heavy atom. The van der Waals surface area contributed by atoms with E-state index in [4.69, 9.17) is 10.00 Å². The fourth-order valence-electron chi connectivity index (χ4n) is 3.28. The zero-order valence-electron chi connectivity index (χ0n) is 16.1. The molecule has 1 unspecified atom stereocenters. The minimum absolute atomic E-state index is 0.0876. The number of para-hydroxylation sites is 1. The Morgan fingerprint density at radius 2 is 2.07 bits per heavy atom. The highest BCUT2D eigenvalue weighted by Gasteiger charge is 2.16. The predicted molar refractivity (Wildman–Crippen MR) is 106 cm³/mol. The monoisotopic (exact) mass is 375 g/mol. The van der Waals surface area contributed by atoms with Crippen LogP contribution in [0.15, 0.2) is 41.3 Å². The van der Waals surface area contributed by atoms with Gasteiger partial charge in [-0.2, -0.15) is 5.26 Å². The molecule has 6 heteroatoms. The van der Waals surface area contributed by atoms with Crippen LogP contribution in [0, 0.1) is 25.2 Å². The van der Waals surface area contributed by atoms with Crippen molar-refractivity contribution in [1.29, 1.82) is 5.26 Å². The summed E-state index contributed by atoms with van der Waals surface area (Å²) < 4.78 is 5.55. The van der Waals surface area contributed by atoms with Crippen molar-refractivity contribution in [3.8, 4) is 6.07 Å². The number of hydrogen-bond acceptors (Lipinski definition) is 5. The third kappa shape index (κ3) is 3.94. The fraction of sp³-hybridized carbons (Fsp3) is 0.273. The van der Waals surface area contributed by atoms with E-state index in [0.29, 0.717) is 17.7 Å². The standard InChI is InChI=1S/C22H21N3O3/c1-13-18(14(2)25-22(27)19(13)11-23)8-9-21(26)28-15(3)17-10-16-6-4-5-7-20(16)24-12-17/h4-7,10,12,15H,8-9H2,1-3H3,(H,25,27). The highest BCUT2D eigenvalue weighted by molar-refractivity contribution is 5.79. The Bertz CT molecular complexity index is 1140. The molecule has 142 valence electrons. The van der Waals surface area contributed by atoms with Gasteiger partial charge in [0.05, 0.1) is 5.52 Å². The molecule has 0 radical (unpaired) electrons. The second kappa shape index (κ2) is 8.05. The quantitative estimate of drug-likeness (QED) is 0.687. The van der Waals surface area contributed by atoms with Crippen LogP contribution in [0.4, 0.5) is 0 Å². The van der Waals surface area contributed by atoms with Gasteiger partial charge >= 0.3 is 5.97 Å². The molecule has 0 aliphatic heterocycles. The van der Waals surface area contributed by atoms with Crippen LogP contribution in [0.1, 0.15) is 47.4 Å². The smallest absolute Gasteiger partial charge is 0.306 e. The van der Waals surface area contributed by atoms with Gasteiger partial charge in [-0.05, 0) is 50.5 Å². The van der Waals surface area contributed by atoms with Gasteiger partial charge in [0.1, 0.15) is 17.7 Å². The number of nitrogens with zero attached hydrogens (tertiary/aromatic N) is 2. The molecule has 0 amide bonds. The second-order valence-corrected chi connectivity index (χ2v) is 6.76. The Kier molecular flexibility index (Phi) is 5.55. The van der Waals surface area contributed by atoms with Crippen molar-refractivity contribution < 1.29 is 9.53 Å². The summed E-state index contributed by atoms with van der Waals surface area (Å²) in [7, 11) is 0. The molecule has 0 saturated carbocycles. The lowest BCUT2D eigenvalue weighted by atomic mass is 9.99. The summed E-state index contributed by atoms with van der Waals surface area (Å²) in [5.41, 5.74) is 3.49. The van der Waals surface area contributed by atoms with E-state index < -0.39 is 11.7 Å². The maximum absolute atomic E-state index is 12.3. The number of pyridine rings is 2. The SMILES string of the molecule is Cc1[nH]c(=O)c(C#N)c(C)c1CCC(=O)OC(C)c1cnc2ccccc2c1. The van der Waals surface area contributed by atoms with Crippen molar-refractivity contribution >= 4 is 16.9 Å². The number of carbonyl (C=O) groups is 1. The zero-order chi connectivity index (χ0) is 20.3. The summed E-state index contributed by atoms with van der Waals surface area (Å²) in [6, 6.07) is 11.7. The van der Waals surface area contributed by atoms with Crippen LogP contribution < -0.4 is 5.56 Å². The summed E-state index contributed by atoms with van der Waals surface area (Å²) in [6.45, 7) is 5.30. The van der Waals surface area contributed by atoms with E-state index in [1.54, 1.807) is 20.0 Å². The molecule has 0 spiro atoms. The van der Waals surface area contributed by atoms with E-state index in [2.05, 4.69) is 9.97 Å². The van der Waals surface area contributed by atoms with Crippen LogP contribution in [-0.4, -0.2) is 15.9 Å². The minimum Gasteiger partial charge on any atom is -0.458 e. The maximum atomic E-state index is 12.3. The molecule has 28 heavy (non-hydrogen) atoms. The number of benzene rings is 1. The van der Waals surface area contributed by atoms with Crippen LogP contribution in [-0.2, 0) is 16.0 Å². The van der Waals surface area contributed by atoms with E-state index in [1.165, 1.54) is 0 Å².